The molecule has 0 saturated carbocycles. The summed E-state index contributed by atoms with van der Waals surface area (Å²) in [4.78, 5) is 10.1. The van der Waals surface area contributed by atoms with E-state index in [0.717, 1.165) is 18.2 Å². The molecule has 2 rings (SSSR count). The Labute approximate surface area is 113 Å². The van der Waals surface area contributed by atoms with E-state index in [1.165, 1.54) is 12.5 Å². The molecule has 0 atom stereocenters. The van der Waals surface area contributed by atoms with Gasteiger partial charge in [-0.1, -0.05) is 0 Å². The highest BCUT2D eigenvalue weighted by molar-refractivity contribution is 7.89. The third-order valence-electron chi connectivity index (χ3n) is 2.51. The Morgan fingerprint density at radius 2 is 2.10 bits per heavy atom. The van der Waals surface area contributed by atoms with Crippen LogP contribution in [0.1, 0.15) is 15.9 Å². The third-order valence-corrected chi connectivity index (χ3v) is 3.93. The van der Waals surface area contributed by atoms with Gasteiger partial charge in [-0.05, 0) is 24.3 Å². The fourth-order valence-electron chi connectivity index (χ4n) is 1.49. The number of benzene rings is 1. The second kappa shape index (κ2) is 5.43. The molecule has 0 amide bonds. The Morgan fingerprint density at radius 1 is 1.35 bits per heavy atom. The summed E-state index contributed by atoms with van der Waals surface area (Å²) in [6, 6.07) is 4.12. The summed E-state index contributed by atoms with van der Waals surface area (Å²) >= 11 is 0. The topological polar surface area (TPSA) is 96.6 Å². The molecule has 0 bridgehead atoms. The van der Waals surface area contributed by atoms with E-state index >= 15 is 0 Å². The maximum Gasteiger partial charge on any atom is 0.335 e. The summed E-state index contributed by atoms with van der Waals surface area (Å²) in [5.41, 5.74) is 0.249. The van der Waals surface area contributed by atoms with Crippen LogP contribution in [0.25, 0.3) is 0 Å². The van der Waals surface area contributed by atoms with Crippen LogP contribution in [0.15, 0.2) is 46.1 Å². The van der Waals surface area contributed by atoms with Crippen molar-refractivity contribution in [2.24, 2.45) is 0 Å². The van der Waals surface area contributed by atoms with Crippen molar-refractivity contribution < 1.29 is 27.1 Å². The zero-order valence-corrected chi connectivity index (χ0v) is 10.9. The van der Waals surface area contributed by atoms with Gasteiger partial charge in [0.2, 0.25) is 10.0 Å². The van der Waals surface area contributed by atoms with Crippen molar-refractivity contribution >= 4 is 16.0 Å². The molecule has 2 N–H and O–H groups in total. The molecule has 0 spiro atoms. The zero-order chi connectivity index (χ0) is 14.8. The summed E-state index contributed by atoms with van der Waals surface area (Å²) in [7, 11) is -4.15. The smallest absolute Gasteiger partial charge is 0.335 e. The molecule has 0 saturated heterocycles. The maximum absolute atomic E-state index is 13.6. The van der Waals surface area contributed by atoms with E-state index in [1.54, 1.807) is 6.07 Å². The highest BCUT2D eigenvalue weighted by Crippen LogP contribution is 2.17. The standard InChI is InChI=1S/C12H10FNO5S/c13-10-2-1-9(12(15)16)5-11(10)20(17,18)14-6-8-3-4-19-7-8/h1-5,7,14H,6H2,(H,15,16). The number of halogens is 1. The number of carbonyl (C=O) groups is 1. The minimum Gasteiger partial charge on any atom is -0.478 e. The summed E-state index contributed by atoms with van der Waals surface area (Å²) < 4.78 is 44.4. The first kappa shape index (κ1) is 14.2. The molecule has 1 heterocycles. The van der Waals surface area contributed by atoms with Crippen LogP contribution in [0.5, 0.6) is 0 Å². The normalized spacial score (nSPS) is 11.4. The highest BCUT2D eigenvalue weighted by Gasteiger charge is 2.21. The van der Waals surface area contributed by atoms with Crippen LogP contribution < -0.4 is 4.72 Å². The van der Waals surface area contributed by atoms with Crippen LogP contribution in [0.3, 0.4) is 0 Å². The summed E-state index contributed by atoms with van der Waals surface area (Å²) in [5, 5.41) is 8.80. The van der Waals surface area contributed by atoms with Crippen LogP contribution in [-0.2, 0) is 16.6 Å². The van der Waals surface area contributed by atoms with Gasteiger partial charge in [0.25, 0.3) is 0 Å². The number of sulfonamides is 1. The Hall–Kier alpha value is -2.19. The van der Waals surface area contributed by atoms with E-state index < -0.39 is 26.7 Å². The van der Waals surface area contributed by atoms with Crippen LogP contribution in [-0.4, -0.2) is 19.5 Å². The molecule has 106 valence electrons. The number of carboxylic acid groups (broad SMARTS) is 1. The summed E-state index contributed by atoms with van der Waals surface area (Å²) in [6.07, 6.45) is 2.71. The van der Waals surface area contributed by atoms with E-state index in [1.807, 2.05) is 0 Å². The van der Waals surface area contributed by atoms with Gasteiger partial charge in [0.15, 0.2) is 0 Å². The van der Waals surface area contributed by atoms with Gasteiger partial charge in [0, 0.05) is 12.1 Å². The van der Waals surface area contributed by atoms with Crippen molar-refractivity contribution in [1.82, 2.24) is 4.72 Å². The lowest BCUT2D eigenvalue weighted by molar-refractivity contribution is 0.0696. The van der Waals surface area contributed by atoms with Gasteiger partial charge in [-0.15, -0.1) is 0 Å². The molecular weight excluding hydrogens is 289 g/mol. The largest absolute Gasteiger partial charge is 0.478 e. The quantitative estimate of drug-likeness (QED) is 0.874. The molecule has 1 aromatic carbocycles. The highest BCUT2D eigenvalue weighted by atomic mass is 32.2. The van der Waals surface area contributed by atoms with Crippen molar-refractivity contribution in [1.29, 1.82) is 0 Å². The molecule has 0 fully saturated rings. The predicted octanol–water partition coefficient (Wildman–Crippen LogP) is 1.60. The zero-order valence-electron chi connectivity index (χ0n) is 10.0. The average molecular weight is 299 g/mol. The molecule has 0 aliphatic heterocycles. The third kappa shape index (κ3) is 3.03. The van der Waals surface area contributed by atoms with Gasteiger partial charge < -0.3 is 9.52 Å². The van der Waals surface area contributed by atoms with Crippen LogP contribution >= 0.6 is 0 Å². The van der Waals surface area contributed by atoms with Crippen LogP contribution in [0, 0.1) is 5.82 Å². The number of furan rings is 1. The van der Waals surface area contributed by atoms with Gasteiger partial charge in [0.05, 0.1) is 18.1 Å². The first-order valence-corrected chi connectivity index (χ1v) is 6.92. The lowest BCUT2D eigenvalue weighted by atomic mass is 10.2. The number of rotatable bonds is 5. The SMILES string of the molecule is O=C(O)c1ccc(F)c(S(=O)(=O)NCc2ccoc2)c1. The minimum atomic E-state index is -4.15. The number of nitrogens with one attached hydrogen (secondary N) is 1. The monoisotopic (exact) mass is 299 g/mol. The lowest BCUT2D eigenvalue weighted by Gasteiger charge is -2.07. The van der Waals surface area contributed by atoms with Gasteiger partial charge >= 0.3 is 5.97 Å². The molecule has 1 aromatic heterocycles. The van der Waals surface area contributed by atoms with E-state index in [-0.39, 0.29) is 12.1 Å². The van der Waals surface area contributed by atoms with Crippen molar-refractivity contribution in [3.63, 3.8) is 0 Å². The predicted molar refractivity (Wildman–Crippen MR) is 66.1 cm³/mol. The number of aromatic carboxylic acids is 1. The first-order chi connectivity index (χ1) is 9.40. The molecule has 0 radical (unpaired) electrons. The molecule has 0 unspecified atom stereocenters. The number of hydrogen-bond acceptors (Lipinski definition) is 4. The molecule has 8 heteroatoms. The Bertz CT molecular complexity index is 724. The van der Waals surface area contributed by atoms with Gasteiger partial charge in [0.1, 0.15) is 10.7 Å². The van der Waals surface area contributed by atoms with Crippen molar-refractivity contribution in [3.05, 3.63) is 53.7 Å². The second-order valence-electron chi connectivity index (χ2n) is 3.91. The fraction of sp³-hybridized carbons (Fsp3) is 0.0833. The van der Waals surface area contributed by atoms with Gasteiger partial charge in [-0.25, -0.2) is 22.3 Å². The second-order valence-corrected chi connectivity index (χ2v) is 5.64. The van der Waals surface area contributed by atoms with Crippen molar-refractivity contribution in [3.8, 4) is 0 Å². The molecule has 20 heavy (non-hydrogen) atoms. The van der Waals surface area contributed by atoms with Gasteiger partial charge in [-0.2, -0.15) is 0 Å². The molecule has 0 aliphatic carbocycles. The Morgan fingerprint density at radius 3 is 2.70 bits per heavy atom. The van der Waals surface area contributed by atoms with E-state index in [0.29, 0.717) is 5.56 Å². The Kier molecular flexibility index (Phi) is 3.86. The molecule has 0 aliphatic rings. The molecule has 2 aromatic rings. The van der Waals surface area contributed by atoms with Crippen molar-refractivity contribution in [2.45, 2.75) is 11.4 Å². The first-order valence-electron chi connectivity index (χ1n) is 5.44. The van der Waals surface area contributed by atoms with Crippen LogP contribution in [0.2, 0.25) is 0 Å². The number of carboxylic acids is 1. The van der Waals surface area contributed by atoms with E-state index in [2.05, 4.69) is 4.72 Å². The van der Waals surface area contributed by atoms with Crippen molar-refractivity contribution in [2.75, 3.05) is 0 Å². The van der Waals surface area contributed by atoms with E-state index in [9.17, 15) is 17.6 Å². The summed E-state index contributed by atoms with van der Waals surface area (Å²) in [5.74, 6) is -2.36. The fourth-order valence-corrected chi connectivity index (χ4v) is 2.61. The van der Waals surface area contributed by atoms with E-state index in [4.69, 9.17) is 9.52 Å². The maximum atomic E-state index is 13.6. The summed E-state index contributed by atoms with van der Waals surface area (Å²) in [6.45, 7) is -0.0877. The Balaban J connectivity index is 2.28. The molecular formula is C12H10FNO5S. The lowest BCUT2D eigenvalue weighted by Crippen LogP contribution is -2.24. The number of hydrogen-bond donors (Lipinski definition) is 2. The minimum absolute atomic E-state index is 0.0877. The van der Waals surface area contributed by atoms with Gasteiger partial charge in [-0.3, -0.25) is 0 Å². The average Bonchev–Trinajstić information content (AvgIpc) is 2.89. The molecule has 6 nitrogen and oxygen atoms in total. The van der Waals surface area contributed by atoms with Crippen LogP contribution in [0.4, 0.5) is 4.39 Å².